The molecule has 2 saturated heterocycles. The molecule has 194 valence electrons. The van der Waals surface area contributed by atoms with Crippen LogP contribution in [0.4, 0.5) is 0 Å². The van der Waals surface area contributed by atoms with E-state index in [1.165, 1.54) is 135 Å². The lowest BCUT2D eigenvalue weighted by molar-refractivity contribution is -0.0615. The van der Waals surface area contributed by atoms with Crippen molar-refractivity contribution < 1.29 is 9.47 Å². The summed E-state index contributed by atoms with van der Waals surface area (Å²) in [6, 6.07) is 0.612. The number of fused-ring (bicyclic) bond motifs is 3. The zero-order chi connectivity index (χ0) is 23.3. The molecule has 0 aromatic heterocycles. The SMILES string of the molecule is C(=CC1CCCCC/C=C\CCCCC2CCCC(CCN3CCCC3CO1)O2)C1CCCC1. The fraction of sp³-hybridized carbons (Fsp3) is 0.871. The van der Waals surface area contributed by atoms with Crippen LogP contribution in [0.5, 0.6) is 0 Å². The Morgan fingerprint density at radius 3 is 2.15 bits per heavy atom. The quantitative estimate of drug-likeness (QED) is 0.381. The molecule has 34 heavy (non-hydrogen) atoms. The summed E-state index contributed by atoms with van der Waals surface area (Å²) in [5.41, 5.74) is 0. The summed E-state index contributed by atoms with van der Waals surface area (Å²) in [6.45, 7) is 3.36. The largest absolute Gasteiger partial charge is 0.375 e. The first-order valence-corrected chi connectivity index (χ1v) is 15.2. The molecule has 4 atom stereocenters. The van der Waals surface area contributed by atoms with E-state index in [0.717, 1.165) is 12.5 Å². The van der Waals surface area contributed by atoms with Gasteiger partial charge in [0.15, 0.2) is 0 Å². The van der Waals surface area contributed by atoms with Gasteiger partial charge in [-0.1, -0.05) is 56.4 Å². The van der Waals surface area contributed by atoms with Gasteiger partial charge in [0, 0.05) is 12.6 Å². The van der Waals surface area contributed by atoms with Crippen LogP contribution in [-0.4, -0.2) is 49.0 Å². The van der Waals surface area contributed by atoms with E-state index >= 15 is 0 Å². The highest BCUT2D eigenvalue weighted by Crippen LogP contribution is 2.28. The zero-order valence-electron chi connectivity index (χ0n) is 22.0. The van der Waals surface area contributed by atoms with E-state index in [4.69, 9.17) is 9.47 Å². The van der Waals surface area contributed by atoms with Gasteiger partial charge in [-0.3, -0.25) is 4.90 Å². The van der Waals surface area contributed by atoms with Gasteiger partial charge in [-0.2, -0.15) is 0 Å². The van der Waals surface area contributed by atoms with Crippen LogP contribution in [0.1, 0.15) is 122 Å². The maximum atomic E-state index is 6.62. The van der Waals surface area contributed by atoms with Gasteiger partial charge in [0.25, 0.3) is 0 Å². The standard InChI is InChI=1S/C31H53NO2/c1-2-4-6-8-17-29(22-21-27-14-10-11-15-27)33-26-28-16-13-24-32(28)25-23-31-20-12-19-30(34-31)18-9-7-5-3-1/h1,3,21-22,27-31H,2,4-20,23-26H2/b3-1-,22-21?. The summed E-state index contributed by atoms with van der Waals surface area (Å²) in [4.78, 5) is 2.72. The number of rotatable bonds is 2. The molecule has 4 unspecified atom stereocenters. The predicted octanol–water partition coefficient (Wildman–Crippen LogP) is 7.99. The highest BCUT2D eigenvalue weighted by Gasteiger charge is 2.28. The van der Waals surface area contributed by atoms with Gasteiger partial charge in [0.05, 0.1) is 24.9 Å². The molecular formula is C31H53NO2. The van der Waals surface area contributed by atoms with E-state index in [1.807, 2.05) is 0 Å². The molecule has 0 radical (unpaired) electrons. The van der Waals surface area contributed by atoms with E-state index < -0.39 is 0 Å². The van der Waals surface area contributed by atoms with Gasteiger partial charge < -0.3 is 9.47 Å². The van der Waals surface area contributed by atoms with Gasteiger partial charge >= 0.3 is 0 Å². The van der Waals surface area contributed by atoms with Crippen molar-refractivity contribution in [1.82, 2.24) is 4.90 Å². The van der Waals surface area contributed by atoms with Crippen LogP contribution in [-0.2, 0) is 9.47 Å². The summed E-state index contributed by atoms with van der Waals surface area (Å²) in [6.07, 6.45) is 36.0. The molecule has 3 heterocycles. The Morgan fingerprint density at radius 2 is 1.29 bits per heavy atom. The van der Waals surface area contributed by atoms with Crippen molar-refractivity contribution in [2.45, 2.75) is 146 Å². The first kappa shape index (κ1) is 26.4. The van der Waals surface area contributed by atoms with E-state index in [0.29, 0.717) is 24.4 Å². The first-order chi connectivity index (χ1) is 16.9. The van der Waals surface area contributed by atoms with E-state index in [1.54, 1.807) is 0 Å². The molecule has 4 rings (SSSR count). The Hall–Kier alpha value is -0.640. The van der Waals surface area contributed by atoms with Crippen molar-refractivity contribution in [2.24, 2.45) is 5.92 Å². The maximum absolute atomic E-state index is 6.62. The van der Waals surface area contributed by atoms with Crippen molar-refractivity contribution in [3.63, 3.8) is 0 Å². The van der Waals surface area contributed by atoms with Crippen molar-refractivity contribution in [1.29, 1.82) is 0 Å². The zero-order valence-corrected chi connectivity index (χ0v) is 22.0. The highest BCUT2D eigenvalue weighted by molar-refractivity contribution is 4.96. The second kappa shape index (κ2) is 15.5. The molecule has 4 aliphatic rings. The number of nitrogens with zero attached hydrogens (tertiary/aromatic N) is 1. The Morgan fingerprint density at radius 1 is 0.588 bits per heavy atom. The molecule has 1 aliphatic carbocycles. The van der Waals surface area contributed by atoms with E-state index in [-0.39, 0.29) is 0 Å². The maximum Gasteiger partial charge on any atom is 0.0756 e. The lowest BCUT2D eigenvalue weighted by Crippen LogP contribution is -2.37. The van der Waals surface area contributed by atoms with E-state index in [9.17, 15) is 0 Å². The monoisotopic (exact) mass is 471 g/mol. The minimum absolute atomic E-state index is 0.315. The predicted molar refractivity (Wildman–Crippen MR) is 143 cm³/mol. The average Bonchev–Trinajstić information content (AvgIpc) is 3.54. The normalized spacial score (nSPS) is 35.6. The molecule has 0 spiro atoms. The molecule has 1 saturated carbocycles. The Bertz CT molecular complexity index is 596. The fourth-order valence-electron chi connectivity index (χ4n) is 6.65. The lowest BCUT2D eigenvalue weighted by atomic mass is 9.98. The molecule has 0 aromatic carbocycles. The van der Waals surface area contributed by atoms with Crippen molar-refractivity contribution in [3.8, 4) is 0 Å². The van der Waals surface area contributed by atoms with Gasteiger partial charge in [-0.05, 0) is 102 Å². The summed E-state index contributed by atoms with van der Waals surface area (Å²) < 4.78 is 13.2. The molecule has 2 bridgehead atoms. The Kier molecular flexibility index (Phi) is 12.0. The smallest absolute Gasteiger partial charge is 0.0756 e. The van der Waals surface area contributed by atoms with Crippen molar-refractivity contribution in [3.05, 3.63) is 24.3 Å². The number of allylic oxidation sites excluding steroid dienone is 3. The molecular weight excluding hydrogens is 418 g/mol. The van der Waals surface area contributed by atoms with Crippen molar-refractivity contribution in [2.75, 3.05) is 19.7 Å². The minimum atomic E-state index is 0.315. The van der Waals surface area contributed by atoms with Gasteiger partial charge in [-0.15, -0.1) is 0 Å². The van der Waals surface area contributed by atoms with Gasteiger partial charge in [0.1, 0.15) is 0 Å². The third-order valence-electron chi connectivity index (χ3n) is 8.85. The van der Waals surface area contributed by atoms with Crippen LogP contribution in [0.3, 0.4) is 0 Å². The summed E-state index contributed by atoms with van der Waals surface area (Å²) in [5, 5.41) is 0. The molecule has 0 aromatic rings. The van der Waals surface area contributed by atoms with Gasteiger partial charge in [0.2, 0.25) is 0 Å². The summed E-state index contributed by atoms with van der Waals surface area (Å²) in [7, 11) is 0. The second-order valence-electron chi connectivity index (χ2n) is 11.6. The fourth-order valence-corrected chi connectivity index (χ4v) is 6.65. The van der Waals surface area contributed by atoms with Crippen molar-refractivity contribution >= 4 is 0 Å². The van der Waals surface area contributed by atoms with Gasteiger partial charge in [-0.25, -0.2) is 0 Å². The molecule has 3 heteroatoms. The third kappa shape index (κ3) is 9.43. The first-order valence-electron chi connectivity index (χ1n) is 15.2. The molecule has 0 N–H and O–H groups in total. The number of ether oxygens (including phenoxy) is 2. The number of hydrogen-bond acceptors (Lipinski definition) is 3. The topological polar surface area (TPSA) is 21.7 Å². The van der Waals surface area contributed by atoms with Crippen LogP contribution >= 0.6 is 0 Å². The highest BCUT2D eigenvalue weighted by atomic mass is 16.5. The molecule has 3 nitrogen and oxygen atoms in total. The Labute approximate surface area is 210 Å². The van der Waals surface area contributed by atoms with Crippen LogP contribution in [0.2, 0.25) is 0 Å². The third-order valence-corrected chi connectivity index (χ3v) is 8.85. The van der Waals surface area contributed by atoms with Crippen LogP contribution < -0.4 is 0 Å². The lowest BCUT2D eigenvalue weighted by Gasteiger charge is -2.32. The molecule has 0 amide bonds. The minimum Gasteiger partial charge on any atom is -0.375 e. The molecule has 3 fully saturated rings. The number of hydrogen-bond donors (Lipinski definition) is 0. The molecule has 3 aliphatic heterocycles. The van der Waals surface area contributed by atoms with Crippen LogP contribution in [0.25, 0.3) is 0 Å². The summed E-state index contributed by atoms with van der Waals surface area (Å²) in [5.74, 6) is 0.807. The van der Waals surface area contributed by atoms with Crippen LogP contribution in [0, 0.1) is 5.92 Å². The Balaban J connectivity index is 1.31. The summed E-state index contributed by atoms with van der Waals surface area (Å²) >= 11 is 0. The van der Waals surface area contributed by atoms with Crippen LogP contribution in [0.15, 0.2) is 24.3 Å². The van der Waals surface area contributed by atoms with E-state index in [2.05, 4.69) is 29.2 Å². The average molecular weight is 472 g/mol. The second-order valence-corrected chi connectivity index (χ2v) is 11.6.